The maximum atomic E-state index is 6.06. The minimum Gasteiger partial charge on any atom is -0.495 e. The van der Waals surface area contributed by atoms with Crippen LogP contribution in [0.25, 0.3) is 11.0 Å². The van der Waals surface area contributed by atoms with E-state index in [9.17, 15) is 0 Å². The summed E-state index contributed by atoms with van der Waals surface area (Å²) in [4.78, 5) is 7.14. The van der Waals surface area contributed by atoms with Crippen LogP contribution in [0.2, 0.25) is 0 Å². The molecular weight excluding hydrogens is 288 g/mol. The summed E-state index contributed by atoms with van der Waals surface area (Å²) < 4.78 is 7.58. The summed E-state index contributed by atoms with van der Waals surface area (Å²) in [6.45, 7) is 2.78. The molecule has 118 valence electrons. The quantitative estimate of drug-likeness (QED) is 0.739. The van der Waals surface area contributed by atoms with Crippen molar-refractivity contribution < 1.29 is 4.74 Å². The fourth-order valence-corrected chi connectivity index (χ4v) is 3.30. The highest BCUT2D eigenvalue weighted by atomic mass is 16.5. The number of nitrogens with zero attached hydrogens (tertiary/aromatic N) is 3. The van der Waals surface area contributed by atoms with Gasteiger partial charge in [-0.3, -0.25) is 0 Å². The van der Waals surface area contributed by atoms with Crippen molar-refractivity contribution in [3.05, 3.63) is 48.3 Å². The van der Waals surface area contributed by atoms with E-state index in [1.54, 1.807) is 7.11 Å². The van der Waals surface area contributed by atoms with Crippen molar-refractivity contribution in [1.29, 1.82) is 0 Å². The van der Waals surface area contributed by atoms with Crippen LogP contribution in [0.3, 0.4) is 0 Å². The number of aryl methyl sites for hydroxylation is 1. The molecule has 4 rings (SSSR count). The molecule has 0 aliphatic carbocycles. The first-order chi connectivity index (χ1) is 11.3. The van der Waals surface area contributed by atoms with Gasteiger partial charge in [0.05, 0.1) is 30.4 Å². The molecule has 1 aromatic heterocycles. The van der Waals surface area contributed by atoms with Crippen LogP contribution in [-0.2, 0) is 13.1 Å². The highest BCUT2D eigenvalue weighted by Gasteiger charge is 2.19. The summed E-state index contributed by atoms with van der Waals surface area (Å²) in [6.07, 6.45) is 1.08. The number of rotatable bonds is 2. The van der Waals surface area contributed by atoms with Gasteiger partial charge in [-0.15, -0.1) is 0 Å². The number of aromatic nitrogens is 2. The second-order valence-corrected chi connectivity index (χ2v) is 5.87. The van der Waals surface area contributed by atoms with Crippen LogP contribution in [0.1, 0.15) is 12.2 Å². The van der Waals surface area contributed by atoms with Crippen LogP contribution in [0.5, 0.6) is 5.75 Å². The van der Waals surface area contributed by atoms with Gasteiger partial charge in [-0.2, -0.15) is 0 Å². The molecule has 0 radical (unpaired) electrons. The lowest BCUT2D eigenvalue weighted by Crippen LogP contribution is -2.23. The molecule has 23 heavy (non-hydrogen) atoms. The second-order valence-electron chi connectivity index (χ2n) is 5.87. The number of imidazole rings is 1. The molecule has 0 unspecified atom stereocenters. The summed E-state index contributed by atoms with van der Waals surface area (Å²) in [5, 5.41) is 0. The first kappa shape index (κ1) is 13.9. The molecule has 0 saturated heterocycles. The predicted molar refractivity (Wildman–Crippen MR) is 92.8 cm³/mol. The number of nitrogen functional groups attached to an aromatic ring is 1. The zero-order valence-corrected chi connectivity index (χ0v) is 13.2. The Balaban J connectivity index is 1.70. The molecular formula is C18H20N4O. The Labute approximate surface area is 135 Å². The van der Waals surface area contributed by atoms with Crippen LogP contribution >= 0.6 is 0 Å². The maximum absolute atomic E-state index is 6.06. The van der Waals surface area contributed by atoms with E-state index < -0.39 is 0 Å². The molecule has 0 fully saturated rings. The van der Waals surface area contributed by atoms with Gasteiger partial charge in [-0.1, -0.05) is 12.1 Å². The van der Waals surface area contributed by atoms with E-state index in [0.29, 0.717) is 5.69 Å². The zero-order valence-electron chi connectivity index (χ0n) is 13.2. The Bertz CT molecular complexity index is 855. The zero-order chi connectivity index (χ0) is 15.8. The molecule has 0 spiro atoms. The predicted octanol–water partition coefficient (Wildman–Crippen LogP) is 3.04. The highest BCUT2D eigenvalue weighted by molar-refractivity contribution is 5.76. The molecule has 2 aromatic carbocycles. The lowest BCUT2D eigenvalue weighted by Gasteiger charge is -2.22. The molecule has 2 N–H and O–H groups in total. The number of nitrogens with two attached hydrogens (primary N) is 1. The van der Waals surface area contributed by atoms with E-state index >= 15 is 0 Å². The molecule has 5 nitrogen and oxygen atoms in total. The molecule has 5 heteroatoms. The largest absolute Gasteiger partial charge is 0.495 e. The summed E-state index contributed by atoms with van der Waals surface area (Å²) in [5.41, 5.74) is 10.1. The van der Waals surface area contributed by atoms with Crippen LogP contribution < -0.4 is 15.4 Å². The number of hydrogen-bond acceptors (Lipinski definition) is 4. The van der Waals surface area contributed by atoms with Gasteiger partial charge >= 0.3 is 0 Å². The second kappa shape index (κ2) is 5.50. The number of fused-ring (bicyclic) bond motifs is 3. The summed E-state index contributed by atoms with van der Waals surface area (Å²) >= 11 is 0. The maximum Gasteiger partial charge on any atom is 0.141 e. The van der Waals surface area contributed by atoms with Crippen molar-refractivity contribution >= 4 is 22.4 Å². The van der Waals surface area contributed by atoms with Crippen LogP contribution in [0.4, 0.5) is 11.4 Å². The van der Waals surface area contributed by atoms with Gasteiger partial charge in [-0.25, -0.2) is 4.98 Å². The molecule has 0 atom stereocenters. The van der Waals surface area contributed by atoms with E-state index in [2.05, 4.69) is 33.7 Å². The van der Waals surface area contributed by atoms with E-state index in [0.717, 1.165) is 48.8 Å². The van der Waals surface area contributed by atoms with E-state index in [1.807, 2.05) is 18.2 Å². The fourth-order valence-electron chi connectivity index (χ4n) is 3.30. The minimum absolute atomic E-state index is 0.669. The third-order valence-electron chi connectivity index (χ3n) is 4.45. The van der Waals surface area contributed by atoms with Crippen molar-refractivity contribution in [3.63, 3.8) is 0 Å². The van der Waals surface area contributed by atoms with Gasteiger partial charge in [0.1, 0.15) is 11.6 Å². The van der Waals surface area contributed by atoms with Gasteiger partial charge in [0, 0.05) is 18.8 Å². The topological polar surface area (TPSA) is 56.3 Å². The Morgan fingerprint density at radius 3 is 2.83 bits per heavy atom. The molecule has 3 aromatic rings. The first-order valence-corrected chi connectivity index (χ1v) is 7.89. The van der Waals surface area contributed by atoms with Crippen molar-refractivity contribution in [3.8, 4) is 5.75 Å². The number of methoxy groups -OCH3 is 1. The third-order valence-corrected chi connectivity index (χ3v) is 4.45. The molecule has 2 heterocycles. The van der Waals surface area contributed by atoms with Gasteiger partial charge in [0.15, 0.2) is 0 Å². The van der Waals surface area contributed by atoms with Crippen molar-refractivity contribution in [1.82, 2.24) is 9.55 Å². The normalized spacial score (nSPS) is 14.6. The van der Waals surface area contributed by atoms with Crippen LogP contribution in [0.15, 0.2) is 42.5 Å². The molecule has 0 bridgehead atoms. The monoisotopic (exact) mass is 308 g/mol. The van der Waals surface area contributed by atoms with Crippen LogP contribution in [0, 0.1) is 0 Å². The van der Waals surface area contributed by atoms with E-state index in [4.69, 9.17) is 15.5 Å². The average Bonchev–Trinajstić information content (AvgIpc) is 2.78. The van der Waals surface area contributed by atoms with Crippen molar-refractivity contribution in [2.45, 2.75) is 19.5 Å². The number of hydrogen-bond donors (Lipinski definition) is 1. The number of ether oxygens (including phenoxy) is 1. The van der Waals surface area contributed by atoms with Crippen molar-refractivity contribution in [2.75, 3.05) is 24.3 Å². The minimum atomic E-state index is 0.669. The van der Waals surface area contributed by atoms with E-state index in [-0.39, 0.29) is 0 Å². The first-order valence-electron chi connectivity index (χ1n) is 7.89. The number of para-hydroxylation sites is 2. The molecule has 0 amide bonds. The molecule has 1 aliphatic rings. The lowest BCUT2D eigenvalue weighted by atomic mass is 10.2. The Kier molecular flexibility index (Phi) is 3.33. The third kappa shape index (κ3) is 2.38. The summed E-state index contributed by atoms with van der Waals surface area (Å²) in [7, 11) is 1.64. The smallest absolute Gasteiger partial charge is 0.141 e. The molecule has 0 saturated carbocycles. The van der Waals surface area contributed by atoms with Gasteiger partial charge in [-0.05, 0) is 36.8 Å². The van der Waals surface area contributed by atoms with E-state index in [1.165, 1.54) is 5.52 Å². The van der Waals surface area contributed by atoms with Gasteiger partial charge in [0.2, 0.25) is 0 Å². The number of benzene rings is 2. The lowest BCUT2D eigenvalue weighted by molar-refractivity contribution is 0.417. The highest BCUT2D eigenvalue weighted by Crippen LogP contribution is 2.29. The Hall–Kier alpha value is -2.69. The fraction of sp³-hybridized carbons (Fsp3) is 0.278. The molecule has 1 aliphatic heterocycles. The van der Waals surface area contributed by atoms with Crippen LogP contribution in [-0.4, -0.2) is 23.2 Å². The summed E-state index contributed by atoms with van der Waals surface area (Å²) in [5.74, 6) is 1.83. The Morgan fingerprint density at radius 1 is 1.13 bits per heavy atom. The summed E-state index contributed by atoms with van der Waals surface area (Å²) in [6, 6.07) is 14.3. The SMILES string of the molecule is COc1ccc(N2CCCn3c(nc4ccccc43)C2)cc1N. The van der Waals surface area contributed by atoms with Crippen molar-refractivity contribution in [2.24, 2.45) is 0 Å². The van der Waals surface area contributed by atoms with Gasteiger partial charge in [0.25, 0.3) is 0 Å². The standard InChI is InChI=1S/C18H20N4O/c1-23-17-8-7-13(11-14(17)19)21-9-4-10-22-16-6-3-2-5-15(16)20-18(22)12-21/h2-3,5-8,11H,4,9-10,12,19H2,1H3. The van der Waals surface area contributed by atoms with Gasteiger partial charge < -0.3 is 19.9 Å². The average molecular weight is 308 g/mol. The Morgan fingerprint density at radius 2 is 2.00 bits per heavy atom. The number of anilines is 2.